The van der Waals surface area contributed by atoms with E-state index in [1.54, 1.807) is 12.3 Å². The van der Waals surface area contributed by atoms with Crippen molar-refractivity contribution in [2.75, 3.05) is 30.4 Å². The third-order valence-corrected chi connectivity index (χ3v) is 7.23. The number of halogens is 2. The van der Waals surface area contributed by atoms with Gasteiger partial charge in [0.05, 0.1) is 17.3 Å². The van der Waals surface area contributed by atoms with Gasteiger partial charge in [-0.3, -0.25) is 0 Å². The number of aryl methyl sites for hydroxylation is 1. The highest BCUT2D eigenvalue weighted by Crippen LogP contribution is 2.38. The predicted octanol–water partition coefficient (Wildman–Crippen LogP) is 2.96. The van der Waals surface area contributed by atoms with E-state index in [1.807, 2.05) is 13.8 Å². The second-order valence-corrected chi connectivity index (χ2v) is 8.96. The molecule has 1 fully saturated rings. The van der Waals surface area contributed by atoms with Gasteiger partial charge in [-0.15, -0.1) is 0 Å². The topological polar surface area (TPSA) is 114 Å². The summed E-state index contributed by atoms with van der Waals surface area (Å²) >= 11 is 7.57. The Morgan fingerprint density at radius 1 is 1.38 bits per heavy atom. The first-order valence-electron chi connectivity index (χ1n) is 9.41. The van der Waals surface area contributed by atoms with Gasteiger partial charge in [0.15, 0.2) is 5.82 Å². The maximum Gasteiger partial charge on any atom is 0.153 e. The maximum absolute atomic E-state index is 13.1. The molecule has 0 aliphatic carbocycles. The largest absolute Gasteiger partial charge is 0.390 e. The first-order chi connectivity index (χ1) is 13.8. The van der Waals surface area contributed by atoms with Crippen molar-refractivity contribution in [3.05, 3.63) is 28.7 Å². The Morgan fingerprint density at radius 2 is 2.07 bits per heavy atom. The number of aliphatic hydroxyl groups excluding tert-OH is 1. The zero-order chi connectivity index (χ0) is 21.2. The molecule has 1 aliphatic rings. The molecule has 0 unspecified atom stereocenters. The molecular formula is C19H26ClFN6OS. The van der Waals surface area contributed by atoms with E-state index >= 15 is 0 Å². The normalized spacial score (nSPS) is 17.4. The smallest absolute Gasteiger partial charge is 0.153 e. The number of nitrogen functional groups attached to an aromatic ring is 1. The van der Waals surface area contributed by atoms with Crippen molar-refractivity contribution in [1.29, 1.82) is 0 Å². The molecule has 2 aromatic rings. The second-order valence-electron chi connectivity index (χ2n) is 7.55. The van der Waals surface area contributed by atoms with Crippen LogP contribution in [0.25, 0.3) is 0 Å². The van der Waals surface area contributed by atoms with Crippen LogP contribution in [-0.2, 0) is 6.61 Å². The minimum absolute atomic E-state index is 0.235. The van der Waals surface area contributed by atoms with Gasteiger partial charge >= 0.3 is 0 Å². The van der Waals surface area contributed by atoms with Crippen molar-refractivity contribution in [2.45, 2.75) is 49.3 Å². The summed E-state index contributed by atoms with van der Waals surface area (Å²) in [5.74, 6) is 0.912. The summed E-state index contributed by atoms with van der Waals surface area (Å²) < 4.78 is 13.1. The molecule has 0 spiro atoms. The summed E-state index contributed by atoms with van der Waals surface area (Å²) in [5.41, 5.74) is 12.7. The zero-order valence-electron chi connectivity index (χ0n) is 16.5. The lowest BCUT2D eigenvalue weighted by Crippen LogP contribution is -2.49. The Bertz CT molecular complexity index is 878. The molecule has 1 atom stereocenters. The monoisotopic (exact) mass is 440 g/mol. The lowest BCUT2D eigenvalue weighted by Gasteiger charge is -2.42. The molecule has 2 aromatic heterocycles. The number of alkyl halides is 1. The molecule has 3 heterocycles. The van der Waals surface area contributed by atoms with E-state index in [-0.39, 0.29) is 17.8 Å². The average molecular weight is 441 g/mol. The van der Waals surface area contributed by atoms with Crippen molar-refractivity contribution < 1.29 is 9.50 Å². The van der Waals surface area contributed by atoms with Crippen LogP contribution in [0.4, 0.5) is 16.0 Å². The number of rotatable bonds is 6. The molecule has 1 saturated heterocycles. The van der Waals surface area contributed by atoms with Crippen molar-refractivity contribution >= 4 is 35.0 Å². The lowest BCUT2D eigenvalue weighted by atomic mass is 9.75. The maximum atomic E-state index is 13.1. The highest BCUT2D eigenvalue weighted by atomic mass is 35.5. The molecule has 0 aromatic carbocycles. The van der Waals surface area contributed by atoms with Crippen LogP contribution in [-0.4, -0.2) is 45.9 Å². The first-order valence-corrected chi connectivity index (χ1v) is 10.6. The van der Waals surface area contributed by atoms with Gasteiger partial charge in [-0.25, -0.2) is 19.3 Å². The number of aromatic nitrogens is 3. The third kappa shape index (κ3) is 4.58. The lowest BCUT2D eigenvalue weighted by molar-refractivity contribution is 0.169. The minimum atomic E-state index is -0.523. The third-order valence-electron chi connectivity index (χ3n) is 5.58. The number of nitrogens with zero attached hydrogens (tertiary/aromatic N) is 4. The molecule has 3 rings (SSSR count). The molecule has 0 saturated carbocycles. The quantitative estimate of drug-likeness (QED) is 0.628. The van der Waals surface area contributed by atoms with Crippen molar-refractivity contribution in [1.82, 2.24) is 15.0 Å². The fraction of sp³-hybridized carbons (Fsp3) is 0.526. The Balaban J connectivity index is 1.83. The van der Waals surface area contributed by atoms with Crippen molar-refractivity contribution in [3.8, 4) is 0 Å². The second kappa shape index (κ2) is 8.99. The summed E-state index contributed by atoms with van der Waals surface area (Å²) in [6, 6.07) is 1.29. The van der Waals surface area contributed by atoms with E-state index in [1.165, 1.54) is 11.8 Å². The average Bonchev–Trinajstić information content (AvgIpc) is 2.72. The van der Waals surface area contributed by atoms with Gasteiger partial charge in [-0.2, -0.15) is 0 Å². The fourth-order valence-corrected chi connectivity index (χ4v) is 4.50. The van der Waals surface area contributed by atoms with Gasteiger partial charge < -0.3 is 21.5 Å². The van der Waals surface area contributed by atoms with Crippen LogP contribution in [0.3, 0.4) is 0 Å². The van der Waals surface area contributed by atoms with Crippen LogP contribution >= 0.6 is 23.4 Å². The molecule has 7 nitrogen and oxygen atoms in total. The van der Waals surface area contributed by atoms with Gasteiger partial charge in [0.1, 0.15) is 23.2 Å². The SMILES string of the molecule is Cc1nc(N2CCC(C)([C@H](N)CF)CC2)c(CO)nc1Sc1ccnc(N)c1Cl. The van der Waals surface area contributed by atoms with Gasteiger partial charge in [0.25, 0.3) is 0 Å². The minimum Gasteiger partial charge on any atom is -0.390 e. The Kier molecular flexibility index (Phi) is 6.83. The van der Waals surface area contributed by atoms with E-state index in [9.17, 15) is 9.50 Å². The van der Waals surface area contributed by atoms with E-state index < -0.39 is 12.7 Å². The Labute approximate surface area is 179 Å². The van der Waals surface area contributed by atoms with E-state index in [4.69, 9.17) is 28.1 Å². The summed E-state index contributed by atoms with van der Waals surface area (Å²) in [4.78, 5) is 16.1. The van der Waals surface area contributed by atoms with Crippen molar-refractivity contribution in [2.24, 2.45) is 11.1 Å². The van der Waals surface area contributed by atoms with Gasteiger partial charge in [0, 0.05) is 30.2 Å². The van der Waals surface area contributed by atoms with Crippen molar-refractivity contribution in [3.63, 3.8) is 0 Å². The number of pyridine rings is 1. The highest BCUT2D eigenvalue weighted by molar-refractivity contribution is 7.99. The Morgan fingerprint density at radius 3 is 2.69 bits per heavy atom. The van der Waals surface area contributed by atoms with E-state index in [2.05, 4.69) is 14.9 Å². The standard InChI is InChI=1S/C19H26ClFN6OS/c1-11-18(29-13-3-6-24-16(23)15(13)20)26-12(10-28)17(25-11)27-7-4-19(2,5-8-27)14(22)9-21/h3,6,14,28H,4-5,7-10,22H2,1-2H3,(H2,23,24)/t14-/m1/s1. The number of hydrogen-bond donors (Lipinski definition) is 3. The number of hydrogen-bond acceptors (Lipinski definition) is 8. The number of nitrogens with two attached hydrogens (primary N) is 2. The molecular weight excluding hydrogens is 415 g/mol. The predicted molar refractivity (Wildman–Crippen MR) is 114 cm³/mol. The molecule has 158 valence electrons. The summed E-state index contributed by atoms with van der Waals surface area (Å²) in [5, 5.41) is 10.9. The number of aliphatic hydroxyl groups is 1. The van der Waals surface area contributed by atoms with Gasteiger partial charge in [-0.05, 0) is 31.2 Å². The van der Waals surface area contributed by atoms with Crippen LogP contribution in [0.1, 0.15) is 31.2 Å². The van der Waals surface area contributed by atoms with Crippen LogP contribution < -0.4 is 16.4 Å². The molecule has 29 heavy (non-hydrogen) atoms. The van der Waals surface area contributed by atoms with E-state index in [0.717, 1.165) is 23.4 Å². The van der Waals surface area contributed by atoms with E-state index in [0.29, 0.717) is 34.6 Å². The van der Waals surface area contributed by atoms with Crippen LogP contribution in [0, 0.1) is 12.3 Å². The molecule has 0 bridgehead atoms. The van der Waals surface area contributed by atoms with Gasteiger partial charge in [-0.1, -0.05) is 30.3 Å². The summed E-state index contributed by atoms with van der Waals surface area (Å²) in [7, 11) is 0. The van der Waals surface area contributed by atoms with Gasteiger partial charge in [0.2, 0.25) is 0 Å². The molecule has 0 radical (unpaired) electrons. The number of anilines is 2. The first kappa shape index (κ1) is 22.0. The van der Waals surface area contributed by atoms with Crippen LogP contribution in [0.2, 0.25) is 5.02 Å². The Hall–Kier alpha value is -1.68. The fourth-order valence-electron chi connectivity index (χ4n) is 3.39. The van der Waals surface area contributed by atoms with Crippen LogP contribution in [0.5, 0.6) is 0 Å². The summed E-state index contributed by atoms with van der Waals surface area (Å²) in [6.07, 6.45) is 3.10. The molecule has 0 amide bonds. The summed E-state index contributed by atoms with van der Waals surface area (Å²) in [6.45, 7) is 4.51. The zero-order valence-corrected chi connectivity index (χ0v) is 18.1. The number of piperidine rings is 1. The molecule has 1 aliphatic heterocycles. The molecule has 5 N–H and O–H groups in total. The van der Waals surface area contributed by atoms with Crippen LogP contribution in [0.15, 0.2) is 22.2 Å². The highest BCUT2D eigenvalue weighted by Gasteiger charge is 2.36. The molecule has 10 heteroatoms.